The van der Waals surface area contributed by atoms with Crippen LogP contribution in [0.5, 0.6) is 11.5 Å². The number of nitrogen functional groups attached to an aromatic ring is 2. The molecule has 2 saturated heterocycles. The number of pyridine rings is 2. The quantitative estimate of drug-likeness (QED) is 0.117. The SMILES string of the molecule is COc1cc(Cl)c(F)cc1C(=O)c1ccc(Cl)nc1N.COc1cc(Cl)c(F)cc1C(=O)c1ccc(NC2CCN(S(C)(=O)=O)CC2)nc1N.CS(=O)(=O)N1CCC(N)CC1. The maximum atomic E-state index is 13.9. The molecular formula is C38H45Cl3F2N8O8S2. The first kappa shape index (κ1) is 49.2. The zero-order valence-electron chi connectivity index (χ0n) is 33.4. The third-order valence-corrected chi connectivity index (χ3v) is 12.9. The fourth-order valence-electron chi connectivity index (χ4n) is 6.18. The number of sulfonamides is 2. The van der Waals surface area contributed by atoms with Crippen molar-refractivity contribution in [3.05, 3.63) is 97.6 Å². The Balaban J connectivity index is 0.000000226. The van der Waals surface area contributed by atoms with E-state index in [0.29, 0.717) is 44.8 Å². The zero-order valence-corrected chi connectivity index (χ0v) is 37.3. The number of benzene rings is 2. The van der Waals surface area contributed by atoms with Gasteiger partial charge in [-0.3, -0.25) is 9.59 Å². The molecule has 0 radical (unpaired) electrons. The molecule has 23 heteroatoms. The Hall–Kier alpha value is -4.41. The first-order chi connectivity index (χ1) is 28.5. The van der Waals surface area contributed by atoms with Crippen LogP contribution in [0.3, 0.4) is 0 Å². The second-order valence-electron chi connectivity index (χ2n) is 13.9. The molecule has 0 saturated carbocycles. The van der Waals surface area contributed by atoms with Gasteiger partial charge in [-0.1, -0.05) is 34.8 Å². The molecule has 4 heterocycles. The predicted octanol–water partition coefficient (Wildman–Crippen LogP) is 5.25. The fourth-order valence-corrected chi connectivity index (χ4v) is 8.39. The Bertz CT molecular complexity index is 2470. The molecule has 7 N–H and O–H groups in total. The first-order valence-corrected chi connectivity index (χ1v) is 23.1. The molecule has 0 aliphatic carbocycles. The zero-order chi connectivity index (χ0) is 45.4. The number of anilines is 3. The van der Waals surface area contributed by atoms with Gasteiger partial charge in [0.25, 0.3) is 0 Å². The smallest absolute Gasteiger partial charge is 0.211 e. The van der Waals surface area contributed by atoms with Gasteiger partial charge in [0.05, 0.1) is 59.0 Å². The third-order valence-electron chi connectivity index (χ3n) is 9.52. The number of ketones is 2. The number of nitrogens with one attached hydrogen (secondary N) is 1. The van der Waals surface area contributed by atoms with E-state index in [0.717, 1.165) is 25.0 Å². The van der Waals surface area contributed by atoms with Crippen LogP contribution in [0.2, 0.25) is 15.2 Å². The van der Waals surface area contributed by atoms with E-state index in [9.17, 15) is 35.2 Å². The number of carbonyl (C=O) groups excluding carboxylic acids is 2. The van der Waals surface area contributed by atoms with Gasteiger partial charge >= 0.3 is 0 Å². The number of aromatic nitrogens is 2. The van der Waals surface area contributed by atoms with Gasteiger partial charge in [-0.05, 0) is 62.1 Å². The second-order valence-corrected chi connectivity index (χ2v) is 19.0. The maximum absolute atomic E-state index is 13.9. The van der Waals surface area contributed by atoms with Gasteiger partial charge < -0.3 is 32.0 Å². The van der Waals surface area contributed by atoms with E-state index >= 15 is 0 Å². The largest absolute Gasteiger partial charge is 0.496 e. The number of rotatable bonds is 10. The minimum absolute atomic E-state index is 0.00484. The number of methoxy groups -OCH3 is 2. The summed E-state index contributed by atoms with van der Waals surface area (Å²) in [5, 5.41) is 3.08. The highest BCUT2D eigenvalue weighted by molar-refractivity contribution is 7.88. The lowest BCUT2D eigenvalue weighted by molar-refractivity contribution is 0.102. The first-order valence-electron chi connectivity index (χ1n) is 18.3. The Labute approximate surface area is 367 Å². The van der Waals surface area contributed by atoms with Gasteiger partial charge in [0.2, 0.25) is 31.6 Å². The molecule has 2 aliphatic heterocycles. The summed E-state index contributed by atoms with van der Waals surface area (Å²) in [6.45, 7) is 2.01. The van der Waals surface area contributed by atoms with Crippen LogP contribution >= 0.6 is 34.8 Å². The number of piperidine rings is 2. The lowest BCUT2D eigenvalue weighted by Gasteiger charge is -2.31. The van der Waals surface area contributed by atoms with Crippen molar-refractivity contribution in [2.24, 2.45) is 5.73 Å². The molecule has 0 unspecified atom stereocenters. The van der Waals surface area contributed by atoms with Crippen molar-refractivity contribution < 1.29 is 44.7 Å². The molecule has 2 aliphatic rings. The van der Waals surface area contributed by atoms with Crippen molar-refractivity contribution in [1.29, 1.82) is 0 Å². The van der Waals surface area contributed by atoms with E-state index in [4.69, 9.17) is 61.5 Å². The maximum Gasteiger partial charge on any atom is 0.211 e. The van der Waals surface area contributed by atoms with Crippen LogP contribution in [0.1, 0.15) is 57.5 Å². The van der Waals surface area contributed by atoms with Gasteiger partial charge in [-0.25, -0.2) is 44.2 Å². The Kier molecular flexibility index (Phi) is 17.0. The highest BCUT2D eigenvalue weighted by atomic mass is 35.5. The highest BCUT2D eigenvalue weighted by Gasteiger charge is 2.27. The van der Waals surface area contributed by atoms with Crippen molar-refractivity contribution in [2.45, 2.75) is 37.8 Å². The minimum Gasteiger partial charge on any atom is -0.496 e. The van der Waals surface area contributed by atoms with E-state index in [1.807, 2.05) is 0 Å². The van der Waals surface area contributed by atoms with Gasteiger partial charge in [-0.2, -0.15) is 0 Å². The molecule has 0 spiro atoms. The van der Waals surface area contributed by atoms with Crippen LogP contribution in [-0.4, -0.2) is 112 Å². The van der Waals surface area contributed by atoms with E-state index in [2.05, 4.69) is 15.3 Å². The molecule has 16 nitrogen and oxygen atoms in total. The lowest BCUT2D eigenvalue weighted by Crippen LogP contribution is -2.42. The third kappa shape index (κ3) is 13.3. The summed E-state index contributed by atoms with van der Waals surface area (Å²) in [7, 11) is -3.46. The van der Waals surface area contributed by atoms with Crippen molar-refractivity contribution in [3.8, 4) is 11.5 Å². The lowest BCUT2D eigenvalue weighted by atomic mass is 10.0. The van der Waals surface area contributed by atoms with Crippen molar-refractivity contribution >= 4 is 83.9 Å². The van der Waals surface area contributed by atoms with Gasteiger partial charge in [0, 0.05) is 50.4 Å². The molecule has 0 bridgehead atoms. The number of halogens is 5. The molecule has 332 valence electrons. The number of hydrogen-bond acceptors (Lipinski definition) is 14. The monoisotopic (exact) mass is 948 g/mol. The van der Waals surface area contributed by atoms with Crippen LogP contribution in [0.4, 0.5) is 26.2 Å². The Morgan fingerprint density at radius 3 is 1.49 bits per heavy atom. The number of nitrogens with two attached hydrogens (primary N) is 3. The number of ether oxygens (including phenoxy) is 2. The summed E-state index contributed by atoms with van der Waals surface area (Å²) in [6.07, 6.45) is 5.25. The molecule has 2 fully saturated rings. The standard InChI is InChI=1S/C19H22ClFN4O4S.C13H9Cl2FN2O2.C6H14N2O2S/c1-29-16-10-14(20)15(21)9-13(16)18(26)12-3-4-17(24-19(12)22)23-11-5-7-25(8-6-11)30(2,27)28;1-20-10-5-8(14)9(16)4-7(10)12(19)6-2-3-11(15)18-13(6)17;1-11(9,10)8-4-2-6(7)3-5-8/h3-4,9-11H,5-8H2,1-2H3,(H3,22,23,24);2-5H,1H3,(H2,17,18);6H,2-5,7H2,1H3. The molecule has 0 atom stereocenters. The molecule has 2 aromatic heterocycles. The van der Waals surface area contributed by atoms with Crippen LogP contribution in [0.25, 0.3) is 0 Å². The Morgan fingerprint density at radius 1 is 0.689 bits per heavy atom. The summed E-state index contributed by atoms with van der Waals surface area (Å²) < 4.78 is 85.6. The molecule has 2 aromatic carbocycles. The van der Waals surface area contributed by atoms with Gasteiger partial charge in [0.1, 0.15) is 45.7 Å². The van der Waals surface area contributed by atoms with Crippen molar-refractivity contribution in [2.75, 3.05) is 69.7 Å². The molecular weight excluding hydrogens is 905 g/mol. The van der Waals surface area contributed by atoms with Crippen LogP contribution < -0.4 is 32.0 Å². The van der Waals surface area contributed by atoms with Crippen molar-refractivity contribution in [1.82, 2.24) is 18.6 Å². The van der Waals surface area contributed by atoms with E-state index < -0.39 is 43.2 Å². The molecule has 61 heavy (non-hydrogen) atoms. The summed E-state index contributed by atoms with van der Waals surface area (Å²) in [6, 6.07) is 10.6. The van der Waals surface area contributed by atoms with E-state index in [-0.39, 0.29) is 72.7 Å². The fraction of sp³-hybridized carbons (Fsp3) is 0.368. The van der Waals surface area contributed by atoms with Crippen LogP contribution in [0, 0.1) is 11.6 Å². The average Bonchev–Trinajstić information content (AvgIpc) is 3.19. The van der Waals surface area contributed by atoms with Crippen LogP contribution in [0.15, 0.2) is 48.5 Å². The topological polar surface area (TPSA) is 243 Å². The molecule has 4 aromatic rings. The summed E-state index contributed by atoms with van der Waals surface area (Å²) >= 11 is 17.1. The van der Waals surface area contributed by atoms with Gasteiger partial charge in [-0.15, -0.1) is 0 Å². The van der Waals surface area contributed by atoms with Crippen LogP contribution in [-0.2, 0) is 20.0 Å². The number of nitrogens with zero attached hydrogens (tertiary/aromatic N) is 4. The molecule has 6 rings (SSSR count). The predicted molar refractivity (Wildman–Crippen MR) is 232 cm³/mol. The average molecular weight is 950 g/mol. The summed E-state index contributed by atoms with van der Waals surface area (Å²) in [4.78, 5) is 33.2. The minimum atomic E-state index is -3.19. The summed E-state index contributed by atoms with van der Waals surface area (Å²) in [5.41, 5.74) is 17.4. The summed E-state index contributed by atoms with van der Waals surface area (Å²) in [5.74, 6) is -1.85. The van der Waals surface area contributed by atoms with Gasteiger partial charge in [0.15, 0.2) is 0 Å². The van der Waals surface area contributed by atoms with Crippen molar-refractivity contribution in [3.63, 3.8) is 0 Å². The number of hydrogen-bond donors (Lipinski definition) is 4. The normalized spacial score (nSPS) is 15.4. The highest BCUT2D eigenvalue weighted by Crippen LogP contribution is 2.31. The Morgan fingerprint density at radius 2 is 1.10 bits per heavy atom. The van der Waals surface area contributed by atoms with E-state index in [1.165, 1.54) is 65.7 Å². The second kappa shape index (κ2) is 21.1. The molecule has 0 amide bonds. The van der Waals surface area contributed by atoms with E-state index in [1.54, 1.807) is 6.07 Å². The number of carbonyl (C=O) groups is 2.